The lowest BCUT2D eigenvalue weighted by Gasteiger charge is -2.21. The molecule has 4 nitrogen and oxygen atoms in total. The van der Waals surface area contributed by atoms with Crippen LogP contribution in [0.2, 0.25) is 0 Å². The lowest BCUT2D eigenvalue weighted by Crippen LogP contribution is -2.38. The zero-order valence-corrected chi connectivity index (χ0v) is 15.2. The van der Waals surface area contributed by atoms with Gasteiger partial charge in [0.05, 0.1) is 16.8 Å². The van der Waals surface area contributed by atoms with Crippen molar-refractivity contribution < 1.29 is 9.90 Å². The maximum absolute atomic E-state index is 12.4. The summed E-state index contributed by atoms with van der Waals surface area (Å²) in [6.45, 7) is 1.85. The number of aliphatic hydroxyl groups is 1. The molecule has 2 aromatic heterocycles. The van der Waals surface area contributed by atoms with Crippen LogP contribution in [0, 0.1) is 0 Å². The quantitative estimate of drug-likeness (QED) is 0.569. The van der Waals surface area contributed by atoms with E-state index in [0.29, 0.717) is 5.01 Å². The molecule has 0 spiro atoms. The number of para-hydroxylation sites is 1. The van der Waals surface area contributed by atoms with E-state index in [9.17, 15) is 9.90 Å². The van der Waals surface area contributed by atoms with Crippen molar-refractivity contribution >= 4 is 48.9 Å². The number of benzene rings is 2. The molecule has 2 heterocycles. The highest BCUT2D eigenvalue weighted by Crippen LogP contribution is 2.33. The third-order valence-electron chi connectivity index (χ3n) is 4.04. The number of carbonyl (C=O) groups excluding carboxylic acids is 1. The van der Waals surface area contributed by atoms with Crippen LogP contribution in [0.5, 0.6) is 0 Å². The Morgan fingerprint density at radius 1 is 1.12 bits per heavy atom. The number of thiophene rings is 1. The summed E-state index contributed by atoms with van der Waals surface area (Å²) in [5, 5.41) is 15.1. The maximum atomic E-state index is 12.4. The Labute approximate surface area is 152 Å². The predicted octanol–water partition coefficient (Wildman–Crippen LogP) is 4.15. The highest BCUT2D eigenvalue weighted by molar-refractivity contribution is 7.20. The summed E-state index contributed by atoms with van der Waals surface area (Å²) >= 11 is 2.89. The molecule has 0 saturated carbocycles. The molecular formula is C19H16N2O2S2. The number of hydrogen-bond acceptors (Lipinski definition) is 5. The van der Waals surface area contributed by atoms with E-state index in [4.69, 9.17) is 0 Å². The molecule has 6 heteroatoms. The number of hydrogen-bond donors (Lipinski definition) is 2. The molecule has 2 N–H and O–H groups in total. The zero-order valence-electron chi connectivity index (χ0n) is 13.5. The Morgan fingerprint density at radius 3 is 2.60 bits per heavy atom. The Bertz CT molecular complexity index is 999. The van der Waals surface area contributed by atoms with Gasteiger partial charge in [0.15, 0.2) is 5.01 Å². The van der Waals surface area contributed by atoms with Crippen LogP contribution in [0.25, 0.3) is 20.3 Å². The molecule has 2 aromatic carbocycles. The molecule has 4 aromatic rings. The molecule has 25 heavy (non-hydrogen) atoms. The first-order chi connectivity index (χ1) is 12.0. The van der Waals surface area contributed by atoms with Crippen LogP contribution in [0.1, 0.15) is 21.6 Å². The molecule has 0 saturated heterocycles. The first-order valence-corrected chi connectivity index (χ1v) is 9.51. The molecular weight excluding hydrogens is 352 g/mol. The molecule has 4 rings (SSSR count). The summed E-state index contributed by atoms with van der Waals surface area (Å²) in [6, 6.07) is 17.6. The van der Waals surface area contributed by atoms with Crippen molar-refractivity contribution in [2.45, 2.75) is 12.5 Å². The van der Waals surface area contributed by atoms with E-state index in [-0.39, 0.29) is 12.5 Å². The minimum absolute atomic E-state index is 0.134. The van der Waals surface area contributed by atoms with E-state index in [0.717, 1.165) is 25.2 Å². The second-order valence-corrected chi connectivity index (χ2v) is 8.21. The largest absolute Gasteiger partial charge is 0.383 e. The Balaban J connectivity index is 1.51. The fourth-order valence-corrected chi connectivity index (χ4v) is 4.62. The van der Waals surface area contributed by atoms with Gasteiger partial charge in [0, 0.05) is 9.58 Å². The summed E-state index contributed by atoms with van der Waals surface area (Å²) in [4.78, 5) is 17.6. The fourth-order valence-electron chi connectivity index (χ4n) is 2.63. The van der Waals surface area contributed by atoms with Gasteiger partial charge >= 0.3 is 0 Å². The highest BCUT2D eigenvalue weighted by atomic mass is 32.1. The number of nitrogens with zero attached hydrogens (tertiary/aromatic N) is 1. The number of rotatable bonds is 4. The van der Waals surface area contributed by atoms with Gasteiger partial charge in [-0.15, -0.1) is 22.7 Å². The number of nitrogens with one attached hydrogen (secondary N) is 1. The van der Waals surface area contributed by atoms with Crippen LogP contribution in [-0.4, -0.2) is 22.5 Å². The second kappa shape index (κ2) is 6.22. The fraction of sp³-hybridized carbons (Fsp3) is 0.158. The van der Waals surface area contributed by atoms with Crippen molar-refractivity contribution in [3.63, 3.8) is 0 Å². The minimum atomic E-state index is -1.13. The van der Waals surface area contributed by atoms with E-state index in [2.05, 4.69) is 10.3 Å². The van der Waals surface area contributed by atoms with Gasteiger partial charge in [-0.3, -0.25) is 4.79 Å². The van der Waals surface area contributed by atoms with E-state index >= 15 is 0 Å². The minimum Gasteiger partial charge on any atom is -0.383 e. The van der Waals surface area contributed by atoms with E-state index in [1.54, 1.807) is 18.3 Å². The molecule has 1 amide bonds. The van der Waals surface area contributed by atoms with Crippen LogP contribution in [0.4, 0.5) is 0 Å². The topological polar surface area (TPSA) is 62.2 Å². The summed E-state index contributed by atoms with van der Waals surface area (Å²) in [7, 11) is 0. The maximum Gasteiger partial charge on any atom is 0.280 e. The molecule has 1 unspecified atom stereocenters. The summed E-state index contributed by atoms with van der Waals surface area (Å²) in [5.74, 6) is -0.261. The normalized spacial score (nSPS) is 13.8. The lowest BCUT2D eigenvalue weighted by molar-refractivity contribution is 0.0557. The van der Waals surface area contributed by atoms with Crippen LogP contribution < -0.4 is 5.32 Å². The second-order valence-electron chi connectivity index (χ2n) is 6.09. The number of fused-ring (bicyclic) bond motifs is 2. The van der Waals surface area contributed by atoms with E-state index in [1.807, 2.05) is 54.6 Å². The standard InChI is InChI=1S/C19H16N2O2S2/c1-19(23,16-10-12-6-2-4-8-14(12)24-16)11-20-17(22)18-21-13-7-3-5-9-15(13)25-18/h2-10,23H,11H2,1H3,(H,20,22). The van der Waals surface area contributed by atoms with Gasteiger partial charge in [-0.1, -0.05) is 30.3 Å². The molecule has 0 aliphatic carbocycles. The number of carbonyl (C=O) groups is 1. The van der Waals surface area contributed by atoms with Gasteiger partial charge in [0.25, 0.3) is 5.91 Å². The van der Waals surface area contributed by atoms with Gasteiger partial charge in [0.2, 0.25) is 0 Å². The van der Waals surface area contributed by atoms with Crippen LogP contribution >= 0.6 is 22.7 Å². The summed E-state index contributed by atoms with van der Waals surface area (Å²) < 4.78 is 2.10. The molecule has 126 valence electrons. The molecule has 0 aliphatic heterocycles. The van der Waals surface area contributed by atoms with E-state index < -0.39 is 5.60 Å². The van der Waals surface area contributed by atoms with Gasteiger partial charge in [-0.05, 0) is 36.6 Å². The SMILES string of the molecule is CC(O)(CNC(=O)c1nc2ccccc2s1)c1cc2ccccc2s1. The summed E-state index contributed by atoms with van der Waals surface area (Å²) in [5.41, 5.74) is -0.315. The van der Waals surface area contributed by atoms with Crippen molar-refractivity contribution in [1.82, 2.24) is 10.3 Å². The van der Waals surface area contributed by atoms with Crippen molar-refractivity contribution in [2.24, 2.45) is 0 Å². The van der Waals surface area contributed by atoms with Gasteiger partial charge < -0.3 is 10.4 Å². The highest BCUT2D eigenvalue weighted by Gasteiger charge is 2.27. The first kappa shape index (κ1) is 16.2. The molecule has 0 aliphatic rings. The zero-order chi connectivity index (χ0) is 17.4. The average Bonchev–Trinajstić information content (AvgIpc) is 3.23. The lowest BCUT2D eigenvalue weighted by atomic mass is 10.0. The number of aromatic nitrogens is 1. The molecule has 1 atom stereocenters. The first-order valence-electron chi connectivity index (χ1n) is 7.88. The molecule has 0 bridgehead atoms. The Morgan fingerprint density at radius 2 is 1.84 bits per heavy atom. The van der Waals surface area contributed by atoms with Crippen LogP contribution in [0.15, 0.2) is 54.6 Å². The van der Waals surface area contributed by atoms with Crippen molar-refractivity contribution in [3.8, 4) is 0 Å². The van der Waals surface area contributed by atoms with Crippen molar-refractivity contribution in [2.75, 3.05) is 6.54 Å². The predicted molar refractivity (Wildman–Crippen MR) is 103 cm³/mol. The monoisotopic (exact) mass is 368 g/mol. The van der Waals surface area contributed by atoms with Crippen LogP contribution in [-0.2, 0) is 5.60 Å². The van der Waals surface area contributed by atoms with Gasteiger partial charge in [0.1, 0.15) is 5.60 Å². The third kappa shape index (κ3) is 3.16. The van der Waals surface area contributed by atoms with Crippen molar-refractivity contribution in [3.05, 3.63) is 64.5 Å². The Kier molecular flexibility index (Phi) is 4.03. The Hall–Kier alpha value is -2.28. The molecule has 0 fully saturated rings. The average molecular weight is 368 g/mol. The van der Waals surface area contributed by atoms with Crippen molar-refractivity contribution in [1.29, 1.82) is 0 Å². The van der Waals surface area contributed by atoms with Crippen LogP contribution in [0.3, 0.4) is 0 Å². The summed E-state index contributed by atoms with van der Waals surface area (Å²) in [6.07, 6.45) is 0. The molecule has 0 radical (unpaired) electrons. The smallest absolute Gasteiger partial charge is 0.280 e. The van der Waals surface area contributed by atoms with Gasteiger partial charge in [-0.2, -0.15) is 0 Å². The number of thiazole rings is 1. The van der Waals surface area contributed by atoms with E-state index in [1.165, 1.54) is 11.3 Å². The number of amides is 1. The van der Waals surface area contributed by atoms with Gasteiger partial charge in [-0.25, -0.2) is 4.98 Å². The third-order valence-corrected chi connectivity index (χ3v) is 6.44.